The zero-order chi connectivity index (χ0) is 19.3. The quantitative estimate of drug-likeness (QED) is 0.663. The fourth-order valence-electron chi connectivity index (χ4n) is 3.11. The largest absolute Gasteiger partial charge is 0.339 e. The normalized spacial score (nSPS) is 17.3. The molecule has 0 radical (unpaired) electrons. The summed E-state index contributed by atoms with van der Waals surface area (Å²) in [5.74, 6) is 1.11. The second-order valence-corrected chi connectivity index (χ2v) is 10.2. The van der Waals surface area contributed by atoms with Crippen LogP contribution >= 0.6 is 11.8 Å². The van der Waals surface area contributed by atoms with Gasteiger partial charge in [-0.15, -0.1) is 11.8 Å². The molecule has 1 saturated heterocycles. The summed E-state index contributed by atoms with van der Waals surface area (Å²) in [6.45, 7) is 9.50. The second kappa shape index (κ2) is 9.24. The first-order chi connectivity index (χ1) is 12.3. The molecule has 1 aliphatic rings. The van der Waals surface area contributed by atoms with Gasteiger partial charge in [0, 0.05) is 26.2 Å². The maximum absolute atomic E-state index is 12.9. The van der Waals surface area contributed by atoms with Crippen LogP contribution in [-0.4, -0.2) is 60.7 Å². The molecule has 1 fully saturated rings. The highest BCUT2D eigenvalue weighted by Crippen LogP contribution is 2.23. The number of carbonyl (C=O) groups excluding carboxylic acids is 1. The third kappa shape index (κ3) is 5.02. The standard InChI is InChI=1S/C19H30N2O3S2/c1-5-6-13-25-17(4)19(22)20-9-11-21(12-10-20)26(23,24)18-8-7-15(2)14-16(18)3/h7-8,14,17H,5-6,9-13H2,1-4H3. The van der Waals surface area contributed by atoms with E-state index in [0.717, 1.165) is 29.7 Å². The summed E-state index contributed by atoms with van der Waals surface area (Å²) in [6, 6.07) is 5.40. The highest BCUT2D eigenvalue weighted by atomic mass is 32.2. The maximum atomic E-state index is 12.9. The van der Waals surface area contributed by atoms with Crippen molar-refractivity contribution in [3.8, 4) is 0 Å². The monoisotopic (exact) mass is 398 g/mol. The van der Waals surface area contributed by atoms with Crippen LogP contribution in [0.15, 0.2) is 23.1 Å². The van der Waals surface area contributed by atoms with Crippen LogP contribution < -0.4 is 0 Å². The Morgan fingerprint density at radius 2 is 1.85 bits per heavy atom. The van der Waals surface area contributed by atoms with Gasteiger partial charge in [0.05, 0.1) is 10.1 Å². The molecular weight excluding hydrogens is 368 g/mol. The molecule has 1 aromatic rings. The van der Waals surface area contributed by atoms with Crippen molar-refractivity contribution < 1.29 is 13.2 Å². The number of piperazine rings is 1. The van der Waals surface area contributed by atoms with Crippen molar-refractivity contribution in [1.29, 1.82) is 0 Å². The van der Waals surface area contributed by atoms with E-state index in [0.29, 0.717) is 31.1 Å². The molecule has 2 rings (SSSR count). The highest BCUT2D eigenvalue weighted by molar-refractivity contribution is 8.00. The van der Waals surface area contributed by atoms with Crippen molar-refractivity contribution in [2.45, 2.75) is 50.7 Å². The van der Waals surface area contributed by atoms with Gasteiger partial charge in [-0.05, 0) is 44.6 Å². The molecule has 0 aliphatic carbocycles. The molecule has 7 heteroatoms. The van der Waals surface area contributed by atoms with Gasteiger partial charge in [-0.2, -0.15) is 4.31 Å². The zero-order valence-corrected chi connectivity index (χ0v) is 17.8. The number of amides is 1. The van der Waals surface area contributed by atoms with Crippen molar-refractivity contribution in [3.63, 3.8) is 0 Å². The van der Waals surface area contributed by atoms with Crippen LogP contribution in [0.5, 0.6) is 0 Å². The Hall–Kier alpha value is -1.05. The summed E-state index contributed by atoms with van der Waals surface area (Å²) < 4.78 is 27.3. The van der Waals surface area contributed by atoms with Crippen molar-refractivity contribution >= 4 is 27.7 Å². The van der Waals surface area contributed by atoms with E-state index in [1.807, 2.05) is 32.9 Å². The summed E-state index contributed by atoms with van der Waals surface area (Å²) in [5.41, 5.74) is 1.82. The first-order valence-electron chi connectivity index (χ1n) is 9.25. The van der Waals surface area contributed by atoms with E-state index in [4.69, 9.17) is 0 Å². The third-order valence-corrected chi connectivity index (χ3v) is 8.00. The summed E-state index contributed by atoms with van der Waals surface area (Å²) >= 11 is 1.69. The fourth-order valence-corrected chi connectivity index (χ4v) is 5.84. The SMILES string of the molecule is CCCCSC(C)C(=O)N1CCN(S(=O)(=O)c2ccc(C)cc2C)CC1. The number of nitrogens with zero attached hydrogens (tertiary/aromatic N) is 2. The van der Waals surface area contributed by atoms with Crippen molar-refractivity contribution in [3.05, 3.63) is 29.3 Å². The van der Waals surface area contributed by atoms with Gasteiger partial charge in [-0.1, -0.05) is 31.0 Å². The fraction of sp³-hybridized carbons (Fsp3) is 0.632. The summed E-state index contributed by atoms with van der Waals surface area (Å²) in [4.78, 5) is 14.7. The van der Waals surface area contributed by atoms with E-state index in [2.05, 4.69) is 6.92 Å². The first kappa shape index (κ1) is 21.3. The van der Waals surface area contributed by atoms with E-state index in [1.165, 1.54) is 4.31 Å². The predicted octanol–water partition coefficient (Wildman–Crippen LogP) is 3.06. The van der Waals surface area contributed by atoms with Crippen molar-refractivity contribution in [2.24, 2.45) is 0 Å². The van der Waals surface area contributed by atoms with E-state index in [1.54, 1.807) is 22.7 Å². The molecule has 1 aromatic carbocycles. The minimum Gasteiger partial charge on any atom is -0.339 e. The maximum Gasteiger partial charge on any atom is 0.243 e. The third-order valence-electron chi connectivity index (χ3n) is 4.71. The highest BCUT2D eigenvalue weighted by Gasteiger charge is 2.32. The Bertz CT molecular complexity index is 726. The lowest BCUT2D eigenvalue weighted by atomic mass is 10.2. The molecule has 146 valence electrons. The Kier molecular flexibility index (Phi) is 7.55. The zero-order valence-electron chi connectivity index (χ0n) is 16.2. The average Bonchev–Trinajstić information content (AvgIpc) is 2.61. The lowest BCUT2D eigenvalue weighted by Crippen LogP contribution is -2.52. The average molecular weight is 399 g/mol. The molecule has 0 bridgehead atoms. The molecule has 0 aromatic heterocycles. The van der Waals surface area contributed by atoms with E-state index >= 15 is 0 Å². The summed E-state index contributed by atoms with van der Waals surface area (Å²) in [5, 5.41) is -0.0657. The smallest absolute Gasteiger partial charge is 0.243 e. The topological polar surface area (TPSA) is 57.7 Å². The van der Waals surface area contributed by atoms with Crippen LogP contribution in [0.25, 0.3) is 0 Å². The number of hydrogen-bond acceptors (Lipinski definition) is 4. The van der Waals surface area contributed by atoms with Gasteiger partial charge >= 0.3 is 0 Å². The van der Waals surface area contributed by atoms with Gasteiger partial charge in [0.1, 0.15) is 0 Å². The van der Waals surface area contributed by atoms with Crippen LogP contribution in [0.2, 0.25) is 0 Å². The number of rotatable bonds is 7. The van der Waals surface area contributed by atoms with Gasteiger partial charge in [0.2, 0.25) is 15.9 Å². The number of carbonyl (C=O) groups is 1. The number of benzene rings is 1. The lowest BCUT2D eigenvalue weighted by Gasteiger charge is -2.35. The second-order valence-electron chi connectivity index (χ2n) is 6.86. The molecule has 1 amide bonds. The Morgan fingerprint density at radius 1 is 1.19 bits per heavy atom. The van der Waals surface area contributed by atoms with Gasteiger partial charge in [-0.25, -0.2) is 8.42 Å². The van der Waals surface area contributed by atoms with E-state index in [9.17, 15) is 13.2 Å². The molecule has 1 aliphatic heterocycles. The minimum absolute atomic E-state index is 0.0657. The molecule has 1 atom stereocenters. The number of sulfonamides is 1. The molecule has 1 heterocycles. The Labute approximate surface area is 162 Å². The number of hydrogen-bond donors (Lipinski definition) is 0. The van der Waals surface area contributed by atoms with Gasteiger partial charge in [0.15, 0.2) is 0 Å². The van der Waals surface area contributed by atoms with E-state index < -0.39 is 10.0 Å². The van der Waals surface area contributed by atoms with Gasteiger partial charge < -0.3 is 4.90 Å². The minimum atomic E-state index is -3.51. The molecule has 0 saturated carbocycles. The van der Waals surface area contributed by atoms with Gasteiger partial charge in [0.25, 0.3) is 0 Å². The molecule has 1 unspecified atom stereocenters. The summed E-state index contributed by atoms with van der Waals surface area (Å²) in [6.07, 6.45) is 2.24. The lowest BCUT2D eigenvalue weighted by molar-refractivity contribution is -0.131. The Morgan fingerprint density at radius 3 is 2.42 bits per heavy atom. The predicted molar refractivity (Wildman–Crippen MR) is 108 cm³/mol. The van der Waals surface area contributed by atoms with Gasteiger partial charge in [-0.3, -0.25) is 4.79 Å². The Balaban J connectivity index is 1.98. The molecule has 5 nitrogen and oxygen atoms in total. The van der Waals surface area contributed by atoms with Crippen molar-refractivity contribution in [1.82, 2.24) is 9.21 Å². The molecule has 0 spiro atoms. The number of unbranched alkanes of at least 4 members (excludes halogenated alkanes) is 1. The van der Waals surface area contributed by atoms with Crippen LogP contribution in [-0.2, 0) is 14.8 Å². The van der Waals surface area contributed by atoms with Crippen LogP contribution in [0.1, 0.15) is 37.8 Å². The van der Waals surface area contributed by atoms with Crippen LogP contribution in [0.3, 0.4) is 0 Å². The first-order valence-corrected chi connectivity index (χ1v) is 11.7. The van der Waals surface area contributed by atoms with Crippen LogP contribution in [0, 0.1) is 13.8 Å². The summed E-state index contributed by atoms with van der Waals surface area (Å²) in [7, 11) is -3.51. The molecule has 26 heavy (non-hydrogen) atoms. The number of thioether (sulfide) groups is 1. The number of aryl methyl sites for hydroxylation is 2. The van der Waals surface area contributed by atoms with Crippen LogP contribution in [0.4, 0.5) is 0 Å². The van der Waals surface area contributed by atoms with E-state index in [-0.39, 0.29) is 11.2 Å². The molecule has 0 N–H and O–H groups in total. The molecular formula is C19H30N2O3S2. The van der Waals surface area contributed by atoms with Crippen molar-refractivity contribution in [2.75, 3.05) is 31.9 Å².